The molecule has 0 unspecified atom stereocenters. The average molecular weight is 1520 g/mol. The Morgan fingerprint density at radius 3 is 1.04 bits per heavy atom. The Kier molecular flexibility index (Phi) is 20.1. The second kappa shape index (κ2) is 29.3. The van der Waals surface area contributed by atoms with Gasteiger partial charge in [0, 0.05) is 34.3 Å². The van der Waals surface area contributed by atoms with Gasteiger partial charge in [0.1, 0.15) is 0 Å². The Balaban J connectivity index is 0.000000160. The van der Waals surface area contributed by atoms with Gasteiger partial charge in [-0.2, -0.15) is 26.3 Å². The summed E-state index contributed by atoms with van der Waals surface area (Å²) in [7, 11) is 0. The number of esters is 4. The number of Topliss-reactive ketones (excluding diaryl/α,β-unsaturated/α-hetero) is 2. The molecule has 0 atom stereocenters. The number of ether oxygens (including phenoxy) is 2. The van der Waals surface area contributed by atoms with Crippen LogP contribution in [0.2, 0.25) is 0 Å². The number of nitrogens with two attached hydrogens (primary N) is 2. The highest BCUT2D eigenvalue weighted by Crippen LogP contribution is 2.60. The van der Waals surface area contributed by atoms with Gasteiger partial charge < -0.3 is 31.2 Å². The van der Waals surface area contributed by atoms with E-state index < -0.39 is 97.8 Å². The molecule has 2 aliphatic carbocycles. The van der Waals surface area contributed by atoms with Gasteiger partial charge >= 0.3 is 48.2 Å². The highest BCUT2D eigenvalue weighted by atomic mass is 19.4. The molecule has 14 nitrogen and oxygen atoms in total. The lowest BCUT2D eigenvalue weighted by Crippen LogP contribution is -2.55. The van der Waals surface area contributed by atoms with Crippen LogP contribution in [0.3, 0.4) is 0 Å². The number of anilines is 2. The number of carboxylic acids is 2. The van der Waals surface area contributed by atoms with E-state index in [9.17, 15) is 74.9 Å². The van der Waals surface area contributed by atoms with E-state index in [0.717, 1.165) is 34.5 Å². The van der Waals surface area contributed by atoms with Crippen molar-refractivity contribution in [1.29, 1.82) is 0 Å². The SMILES string of the molecule is C.CCc1ccc(C2(c3ccc(CC(=O)c4ccc(C(C)(C)c5ccc(C(=O)O)c(C(C)=O)c5)cc4C(=O)O)cc3)c3ccccc3-c3ccccc32)cc1.Nc1ccc(C2(c3ccc(N)cc3)c3ccccc3-c3ccccc32)cc1.O=C1OC(=O)c2cc(C(c3ccc4c(c3)C(=O)OC4=O)(C(F)(F)F)C(F)(F)F)ccc21. The molecular weight excluding hydrogens is 1450 g/mol. The molecule has 12 aromatic carbocycles. The van der Waals surface area contributed by atoms with E-state index in [1.807, 2.05) is 50.2 Å². The zero-order valence-electron chi connectivity index (χ0n) is 60.2. The third-order valence-electron chi connectivity index (χ3n) is 21.8. The topological polar surface area (TPSA) is 248 Å². The quantitative estimate of drug-likeness (QED) is 0.0245. The molecular formula is C93H70F6N2O12. The number of aromatic carboxylic acids is 2. The van der Waals surface area contributed by atoms with E-state index in [4.69, 9.17) is 11.5 Å². The van der Waals surface area contributed by atoms with E-state index in [0.29, 0.717) is 35.4 Å². The molecule has 0 amide bonds. The van der Waals surface area contributed by atoms with Gasteiger partial charge in [-0.05, 0) is 180 Å². The van der Waals surface area contributed by atoms with Crippen molar-refractivity contribution in [2.45, 2.75) is 82.0 Å². The lowest BCUT2D eigenvalue weighted by molar-refractivity contribution is -0.288. The molecule has 4 aliphatic rings. The molecule has 0 bridgehead atoms. The maximum absolute atomic E-state index is 14.2. The number of hydrogen-bond donors (Lipinski definition) is 4. The van der Waals surface area contributed by atoms with Crippen LogP contribution < -0.4 is 11.5 Å². The first-order chi connectivity index (χ1) is 53.4. The number of ketones is 2. The van der Waals surface area contributed by atoms with Crippen LogP contribution in [0.25, 0.3) is 22.3 Å². The first kappa shape index (κ1) is 77.5. The van der Waals surface area contributed by atoms with Gasteiger partial charge in [-0.3, -0.25) is 9.59 Å². The highest BCUT2D eigenvalue weighted by Gasteiger charge is 2.73. The standard InChI is InChI=1S/C48H40O6.C25H20N2.C19H6F6O6.CH4/c1-5-30-14-18-32(19-15-30)48(42-12-8-6-10-36(42)37-11-7-9-13-43(37)48)33-20-16-31(17-21-33)26-44(50)38-24-22-35(28-41(38)46(53)54)47(3,4)34-23-25-39(45(51)52)40(27-34)29(2)49;26-19-13-9-17(10-14-19)25(18-11-15-20(27)16-12-18)23-7-3-1-5-21(23)22-6-2-4-8-24(22)25;20-18(21,22)17(19(23,24)25,7-1-3-9-11(5-7)15(28)30-13(9)26)8-2-4-10-12(6-8)16(29)31-14(10)27;/h6-25,27-28H,5,26H2,1-4H3,(H,51,52)(H,53,54);1-16H,26-27H2;1-6H;1H4. The van der Waals surface area contributed by atoms with Crippen molar-refractivity contribution < 1.29 is 84.4 Å². The second-order valence-corrected chi connectivity index (χ2v) is 28.2. The molecule has 0 fully saturated rings. The van der Waals surface area contributed by atoms with E-state index in [1.54, 1.807) is 24.3 Å². The Bertz CT molecular complexity index is 5670. The Hall–Kier alpha value is -13.6. The number of halogens is 6. The maximum atomic E-state index is 14.2. The summed E-state index contributed by atoms with van der Waals surface area (Å²) >= 11 is 0. The number of nitrogen functional groups attached to an aromatic ring is 2. The lowest BCUT2D eigenvalue weighted by atomic mass is 9.67. The lowest BCUT2D eigenvalue weighted by Gasteiger charge is -2.38. The fourth-order valence-corrected chi connectivity index (χ4v) is 16.2. The van der Waals surface area contributed by atoms with Gasteiger partial charge in [0.2, 0.25) is 5.41 Å². The Morgan fingerprint density at radius 2 is 0.690 bits per heavy atom. The van der Waals surface area contributed by atoms with Crippen molar-refractivity contribution in [2.24, 2.45) is 0 Å². The molecule has 6 N–H and O–H groups in total. The molecule has 16 rings (SSSR count). The van der Waals surface area contributed by atoms with Gasteiger partial charge in [0.05, 0.1) is 44.2 Å². The number of fused-ring (bicyclic) bond motifs is 8. The summed E-state index contributed by atoms with van der Waals surface area (Å²) in [5.41, 5.74) is 19.5. The van der Waals surface area contributed by atoms with Crippen LogP contribution in [0.1, 0.15) is 196 Å². The van der Waals surface area contributed by atoms with E-state index in [-0.39, 0.29) is 65.2 Å². The van der Waals surface area contributed by atoms with Crippen LogP contribution in [0.4, 0.5) is 37.7 Å². The van der Waals surface area contributed by atoms with Crippen LogP contribution in [-0.4, -0.2) is 69.9 Å². The minimum Gasteiger partial charge on any atom is -0.478 e. The van der Waals surface area contributed by atoms with Crippen molar-refractivity contribution in [3.8, 4) is 22.3 Å². The summed E-state index contributed by atoms with van der Waals surface area (Å²) in [5.74, 6) is -8.37. The number of carboxylic acid groups (broad SMARTS) is 2. The fourth-order valence-electron chi connectivity index (χ4n) is 16.2. The molecule has 12 aromatic rings. The van der Waals surface area contributed by atoms with Gasteiger partial charge in [0.15, 0.2) is 11.6 Å². The summed E-state index contributed by atoms with van der Waals surface area (Å²) < 4.78 is 93.7. The second-order valence-electron chi connectivity index (χ2n) is 28.2. The number of alkyl halides is 6. The smallest absolute Gasteiger partial charge is 0.411 e. The highest BCUT2D eigenvalue weighted by molar-refractivity contribution is 6.16. The first-order valence-corrected chi connectivity index (χ1v) is 35.4. The minimum absolute atomic E-state index is 0. The molecule has 2 aliphatic heterocycles. The number of benzene rings is 12. The summed E-state index contributed by atoms with van der Waals surface area (Å²) in [6.45, 7) is 7.19. The third-order valence-corrected chi connectivity index (χ3v) is 21.8. The van der Waals surface area contributed by atoms with Gasteiger partial charge in [0.25, 0.3) is 0 Å². The van der Waals surface area contributed by atoms with E-state index >= 15 is 0 Å². The van der Waals surface area contributed by atoms with Crippen molar-refractivity contribution in [1.82, 2.24) is 0 Å². The summed E-state index contributed by atoms with van der Waals surface area (Å²) in [5, 5.41) is 19.9. The largest absolute Gasteiger partial charge is 0.478 e. The number of rotatable bonds is 15. The van der Waals surface area contributed by atoms with Crippen molar-refractivity contribution in [2.75, 3.05) is 11.5 Å². The Labute approximate surface area is 644 Å². The molecule has 566 valence electrons. The normalized spacial score (nSPS) is 13.9. The zero-order valence-corrected chi connectivity index (χ0v) is 60.2. The van der Waals surface area contributed by atoms with Crippen molar-refractivity contribution in [3.05, 3.63) is 389 Å². The molecule has 0 radical (unpaired) electrons. The third kappa shape index (κ3) is 12.9. The van der Waals surface area contributed by atoms with Crippen LogP contribution in [0.5, 0.6) is 0 Å². The fraction of sp³-hybridized carbons (Fsp3) is 0.140. The van der Waals surface area contributed by atoms with Crippen LogP contribution >= 0.6 is 0 Å². The monoisotopic (exact) mass is 1520 g/mol. The average Bonchev–Trinajstić information content (AvgIpc) is 1.71. The van der Waals surface area contributed by atoms with Crippen LogP contribution in [-0.2, 0) is 44.0 Å². The summed E-state index contributed by atoms with van der Waals surface area (Å²) in [6, 6.07) is 79.8. The Morgan fingerprint density at radius 1 is 0.372 bits per heavy atom. The molecule has 0 saturated heterocycles. The van der Waals surface area contributed by atoms with Gasteiger partial charge in [-0.25, -0.2) is 28.8 Å². The number of carbonyl (C=O) groups excluding carboxylic acids is 6. The predicted octanol–water partition coefficient (Wildman–Crippen LogP) is 19.5. The maximum Gasteiger partial charge on any atom is 0.411 e. The number of aryl methyl sites for hydroxylation is 1. The predicted molar refractivity (Wildman–Crippen MR) is 415 cm³/mol. The number of hydrogen-bond acceptors (Lipinski definition) is 12. The molecule has 113 heavy (non-hydrogen) atoms. The molecule has 0 spiro atoms. The van der Waals surface area contributed by atoms with Gasteiger partial charge in [-0.15, -0.1) is 0 Å². The number of cyclic esters (lactones) is 4. The van der Waals surface area contributed by atoms with Gasteiger partial charge in [-0.1, -0.05) is 228 Å². The van der Waals surface area contributed by atoms with Crippen molar-refractivity contribution >= 4 is 58.8 Å². The van der Waals surface area contributed by atoms with E-state index in [1.165, 1.54) is 80.3 Å². The van der Waals surface area contributed by atoms with E-state index in [2.05, 4.69) is 174 Å². The minimum atomic E-state index is -6.02. The molecule has 2 heterocycles. The summed E-state index contributed by atoms with van der Waals surface area (Å²) in [6.07, 6.45) is -11.1. The number of carbonyl (C=O) groups is 8. The molecule has 0 aromatic heterocycles. The first-order valence-electron chi connectivity index (χ1n) is 35.4. The zero-order chi connectivity index (χ0) is 79.7. The summed E-state index contributed by atoms with van der Waals surface area (Å²) in [4.78, 5) is 97.0. The van der Waals surface area contributed by atoms with Crippen molar-refractivity contribution in [3.63, 3.8) is 0 Å². The van der Waals surface area contributed by atoms with Crippen LogP contribution in [0, 0.1) is 0 Å². The molecule has 20 heteroatoms. The van der Waals surface area contributed by atoms with Crippen LogP contribution in [0.15, 0.2) is 267 Å². The molecule has 0 saturated carbocycles.